The zero-order valence-corrected chi connectivity index (χ0v) is 14.9. The summed E-state index contributed by atoms with van der Waals surface area (Å²) in [4.78, 5) is 26.8. The third-order valence-corrected chi connectivity index (χ3v) is 6.63. The zero-order chi connectivity index (χ0) is 18.3. The molecule has 2 amide bonds. The Bertz CT molecular complexity index is 1180. The van der Waals surface area contributed by atoms with Crippen LogP contribution >= 0.6 is 11.8 Å². The third kappa shape index (κ3) is 2.73. The van der Waals surface area contributed by atoms with Crippen LogP contribution in [-0.4, -0.2) is 24.5 Å². The van der Waals surface area contributed by atoms with E-state index in [4.69, 9.17) is 0 Å². The second-order valence-electron chi connectivity index (χ2n) is 5.59. The van der Waals surface area contributed by atoms with Crippen molar-refractivity contribution in [3.05, 3.63) is 65.2 Å². The number of carbonyl (C=O) groups is 2. The Hall–Kier alpha value is -2.84. The van der Waals surface area contributed by atoms with Gasteiger partial charge in [-0.3, -0.25) is 14.9 Å². The van der Waals surface area contributed by atoms with Gasteiger partial charge in [-0.25, -0.2) is 8.42 Å². The molecule has 1 fully saturated rings. The standard InChI is InChI=1S/C18H12N2O4S2/c21-17-15(25-18(22)20-17)10-13-12-8-9-19-14(12)6-7-16(13)26(23,24)11-4-2-1-3-5-11/h1-10,19H,(H,20,21,22)/b15-10+. The van der Waals surface area contributed by atoms with Crippen LogP contribution < -0.4 is 5.32 Å². The molecule has 2 N–H and O–H groups in total. The first-order valence-electron chi connectivity index (χ1n) is 7.62. The summed E-state index contributed by atoms with van der Waals surface area (Å²) >= 11 is 0.751. The van der Waals surface area contributed by atoms with Gasteiger partial charge in [-0.2, -0.15) is 0 Å². The van der Waals surface area contributed by atoms with Gasteiger partial charge in [0.05, 0.1) is 14.7 Å². The van der Waals surface area contributed by atoms with Crippen molar-refractivity contribution in [2.45, 2.75) is 9.79 Å². The zero-order valence-electron chi connectivity index (χ0n) is 13.2. The van der Waals surface area contributed by atoms with E-state index in [9.17, 15) is 18.0 Å². The van der Waals surface area contributed by atoms with Crippen molar-refractivity contribution in [3.63, 3.8) is 0 Å². The fraction of sp³-hybridized carbons (Fsp3) is 0. The molecular formula is C18H12N2O4S2. The minimum atomic E-state index is -3.80. The fourth-order valence-corrected chi connectivity index (χ4v) is 4.94. The summed E-state index contributed by atoms with van der Waals surface area (Å²) in [6, 6.07) is 13.0. The topological polar surface area (TPSA) is 96.1 Å². The van der Waals surface area contributed by atoms with E-state index in [-0.39, 0.29) is 14.7 Å². The fourth-order valence-electron chi connectivity index (χ4n) is 2.80. The van der Waals surface area contributed by atoms with Crippen LogP contribution in [0.1, 0.15) is 5.56 Å². The molecule has 0 unspecified atom stereocenters. The molecule has 1 aromatic heterocycles. The van der Waals surface area contributed by atoms with Crippen molar-refractivity contribution < 1.29 is 18.0 Å². The van der Waals surface area contributed by atoms with E-state index < -0.39 is 21.0 Å². The van der Waals surface area contributed by atoms with Crippen LogP contribution in [0.5, 0.6) is 0 Å². The average molecular weight is 384 g/mol. The van der Waals surface area contributed by atoms with Crippen LogP contribution in [0.4, 0.5) is 4.79 Å². The smallest absolute Gasteiger partial charge is 0.290 e. The van der Waals surface area contributed by atoms with E-state index in [1.165, 1.54) is 24.3 Å². The van der Waals surface area contributed by atoms with Crippen molar-refractivity contribution in [3.8, 4) is 0 Å². The number of rotatable bonds is 3. The molecule has 1 aliphatic heterocycles. The minimum Gasteiger partial charge on any atom is -0.361 e. The number of carbonyl (C=O) groups excluding carboxylic acids is 2. The molecule has 0 saturated carbocycles. The molecule has 26 heavy (non-hydrogen) atoms. The number of sulfone groups is 1. The Balaban J connectivity index is 1.98. The van der Waals surface area contributed by atoms with Crippen molar-refractivity contribution in [2.75, 3.05) is 0 Å². The van der Waals surface area contributed by atoms with Gasteiger partial charge in [-0.05, 0) is 48.2 Å². The molecule has 0 spiro atoms. The molecule has 0 aliphatic carbocycles. The van der Waals surface area contributed by atoms with Gasteiger partial charge in [0.1, 0.15) is 0 Å². The molecule has 8 heteroatoms. The molecule has 0 atom stereocenters. The van der Waals surface area contributed by atoms with Gasteiger partial charge in [0, 0.05) is 22.7 Å². The van der Waals surface area contributed by atoms with Gasteiger partial charge in [0.15, 0.2) is 0 Å². The van der Waals surface area contributed by atoms with E-state index >= 15 is 0 Å². The normalized spacial score (nSPS) is 16.4. The molecule has 4 rings (SSSR count). The largest absolute Gasteiger partial charge is 0.361 e. The van der Waals surface area contributed by atoms with Crippen molar-refractivity contribution in [1.82, 2.24) is 10.3 Å². The SMILES string of the molecule is O=C1NC(=O)/C(=C\c2c(S(=O)(=O)c3ccccc3)ccc3[nH]ccc23)S1. The number of imide groups is 1. The van der Waals surface area contributed by atoms with E-state index in [0.29, 0.717) is 10.9 Å². The summed E-state index contributed by atoms with van der Waals surface area (Å²) in [5, 5.41) is 2.36. The van der Waals surface area contributed by atoms with E-state index in [1.54, 1.807) is 36.5 Å². The summed E-state index contributed by atoms with van der Waals surface area (Å²) in [6.45, 7) is 0. The minimum absolute atomic E-state index is 0.0797. The summed E-state index contributed by atoms with van der Waals surface area (Å²) in [5.41, 5.74) is 1.11. The highest BCUT2D eigenvalue weighted by atomic mass is 32.2. The van der Waals surface area contributed by atoms with Gasteiger partial charge in [-0.1, -0.05) is 18.2 Å². The van der Waals surface area contributed by atoms with E-state index in [0.717, 1.165) is 17.3 Å². The summed E-state index contributed by atoms with van der Waals surface area (Å²) in [6.07, 6.45) is 3.15. The number of amides is 2. The highest BCUT2D eigenvalue weighted by Crippen LogP contribution is 2.34. The first-order chi connectivity index (χ1) is 12.5. The quantitative estimate of drug-likeness (QED) is 0.675. The Kier molecular flexibility index (Phi) is 3.93. The molecule has 2 heterocycles. The summed E-state index contributed by atoms with van der Waals surface area (Å²) in [5.74, 6) is -0.532. The number of thioether (sulfide) groups is 1. The second-order valence-corrected chi connectivity index (χ2v) is 8.52. The Morgan fingerprint density at radius 1 is 0.962 bits per heavy atom. The number of aromatic nitrogens is 1. The highest BCUT2D eigenvalue weighted by Gasteiger charge is 2.28. The van der Waals surface area contributed by atoms with Crippen molar-refractivity contribution >= 4 is 49.7 Å². The van der Waals surface area contributed by atoms with Gasteiger partial charge >= 0.3 is 0 Å². The Morgan fingerprint density at radius 3 is 2.42 bits per heavy atom. The average Bonchev–Trinajstić information content (AvgIpc) is 3.22. The van der Waals surface area contributed by atoms with Crippen LogP contribution in [-0.2, 0) is 14.6 Å². The molecule has 1 saturated heterocycles. The molecule has 130 valence electrons. The second kappa shape index (κ2) is 6.15. The molecule has 2 aromatic carbocycles. The molecule has 0 radical (unpaired) electrons. The predicted octanol–water partition coefficient (Wildman–Crippen LogP) is 3.32. The molecular weight excluding hydrogens is 372 g/mol. The van der Waals surface area contributed by atoms with E-state index in [2.05, 4.69) is 10.3 Å². The third-order valence-electron chi connectivity index (χ3n) is 4.00. The van der Waals surface area contributed by atoms with Gasteiger partial charge in [0.25, 0.3) is 11.1 Å². The Labute approximate surface area is 153 Å². The van der Waals surface area contributed by atoms with Crippen LogP contribution in [0.25, 0.3) is 17.0 Å². The Morgan fingerprint density at radius 2 is 1.73 bits per heavy atom. The maximum absolute atomic E-state index is 13.1. The molecule has 1 aliphatic rings. The molecule has 0 bridgehead atoms. The monoisotopic (exact) mass is 384 g/mol. The number of H-pyrrole nitrogens is 1. The van der Waals surface area contributed by atoms with Gasteiger partial charge < -0.3 is 4.98 Å². The van der Waals surface area contributed by atoms with Crippen LogP contribution in [0.3, 0.4) is 0 Å². The van der Waals surface area contributed by atoms with Crippen LogP contribution in [0, 0.1) is 0 Å². The van der Waals surface area contributed by atoms with Crippen LogP contribution in [0.2, 0.25) is 0 Å². The lowest BCUT2D eigenvalue weighted by Crippen LogP contribution is -2.17. The van der Waals surface area contributed by atoms with E-state index in [1.807, 2.05) is 0 Å². The summed E-state index contributed by atoms with van der Waals surface area (Å²) in [7, 11) is -3.80. The molecule has 6 nitrogen and oxygen atoms in total. The van der Waals surface area contributed by atoms with Crippen molar-refractivity contribution in [1.29, 1.82) is 0 Å². The number of benzene rings is 2. The number of fused-ring (bicyclic) bond motifs is 1. The molecule has 3 aromatic rings. The lowest BCUT2D eigenvalue weighted by molar-refractivity contribution is -0.115. The number of aromatic amines is 1. The predicted molar refractivity (Wildman–Crippen MR) is 99.3 cm³/mol. The van der Waals surface area contributed by atoms with Gasteiger partial charge in [-0.15, -0.1) is 0 Å². The highest BCUT2D eigenvalue weighted by molar-refractivity contribution is 8.18. The van der Waals surface area contributed by atoms with Crippen molar-refractivity contribution in [2.24, 2.45) is 0 Å². The van der Waals surface area contributed by atoms with Crippen LogP contribution in [0.15, 0.2) is 69.4 Å². The summed E-state index contributed by atoms with van der Waals surface area (Å²) < 4.78 is 26.3. The first kappa shape index (κ1) is 16.6. The number of nitrogens with one attached hydrogen (secondary N) is 2. The maximum atomic E-state index is 13.1. The lowest BCUT2D eigenvalue weighted by Gasteiger charge is -2.10. The van der Waals surface area contributed by atoms with Gasteiger partial charge in [0.2, 0.25) is 9.84 Å². The number of hydrogen-bond donors (Lipinski definition) is 2. The lowest BCUT2D eigenvalue weighted by atomic mass is 10.1. The number of hydrogen-bond acceptors (Lipinski definition) is 5. The first-order valence-corrected chi connectivity index (χ1v) is 9.92. The maximum Gasteiger partial charge on any atom is 0.290 e.